The molecule has 0 heterocycles. The van der Waals surface area contributed by atoms with Crippen LogP contribution in [0.2, 0.25) is 0 Å². The van der Waals surface area contributed by atoms with E-state index in [1.807, 2.05) is 0 Å². The number of carbonyl (C=O) groups is 4. The highest BCUT2D eigenvalue weighted by Gasteiger charge is 2.22. The van der Waals surface area contributed by atoms with Crippen LogP contribution in [0.3, 0.4) is 0 Å². The summed E-state index contributed by atoms with van der Waals surface area (Å²) in [5.74, 6) is -1.22. The summed E-state index contributed by atoms with van der Waals surface area (Å²) < 4.78 is 6.12. The van der Waals surface area contributed by atoms with Gasteiger partial charge in [-0.2, -0.15) is 0 Å². The third-order valence-electron chi connectivity index (χ3n) is 7.04. The van der Waals surface area contributed by atoms with E-state index in [9.17, 15) is 24.3 Å². The number of hydrogen-bond donors (Lipinski definition) is 0. The van der Waals surface area contributed by atoms with E-state index in [0.717, 1.165) is 62.5 Å². The highest BCUT2D eigenvalue weighted by molar-refractivity contribution is 5.84. The fourth-order valence-electron chi connectivity index (χ4n) is 4.73. The molecule has 0 spiro atoms. The summed E-state index contributed by atoms with van der Waals surface area (Å²) in [6.45, 7) is 5.84. The summed E-state index contributed by atoms with van der Waals surface area (Å²) in [6.07, 6.45) is 15.6. The molecule has 0 saturated heterocycles. The van der Waals surface area contributed by atoms with Crippen molar-refractivity contribution in [1.29, 1.82) is 0 Å². The summed E-state index contributed by atoms with van der Waals surface area (Å²) >= 11 is 0. The van der Waals surface area contributed by atoms with Crippen LogP contribution in [0, 0.1) is 5.92 Å². The van der Waals surface area contributed by atoms with E-state index in [4.69, 9.17) is 4.74 Å². The first-order valence-corrected chi connectivity index (χ1v) is 14.8. The van der Waals surface area contributed by atoms with Crippen LogP contribution >= 0.6 is 0 Å². The SMILES string of the molecule is CCOC(=O)C(CCCCCC(C)=O)CC(=O)CCCCCCCCCC[N+](C)(C)CCCCC(=O)[O-]. The van der Waals surface area contributed by atoms with E-state index in [-0.39, 0.29) is 36.3 Å². The van der Waals surface area contributed by atoms with Crippen LogP contribution in [0.1, 0.15) is 129 Å². The minimum atomic E-state index is -0.954. The van der Waals surface area contributed by atoms with Gasteiger partial charge in [0.15, 0.2) is 0 Å². The lowest BCUT2D eigenvalue weighted by Gasteiger charge is -2.30. The first kappa shape index (κ1) is 35.2. The van der Waals surface area contributed by atoms with E-state index < -0.39 is 5.97 Å². The Morgan fingerprint density at radius 1 is 0.703 bits per heavy atom. The topological polar surface area (TPSA) is 101 Å². The molecule has 0 aromatic heterocycles. The van der Waals surface area contributed by atoms with Gasteiger partial charge in [-0.15, -0.1) is 0 Å². The number of ketones is 2. The lowest BCUT2D eigenvalue weighted by atomic mass is 9.93. The zero-order chi connectivity index (χ0) is 27.9. The number of carbonyl (C=O) groups excluding carboxylic acids is 4. The normalized spacial score (nSPS) is 12.3. The second-order valence-corrected chi connectivity index (χ2v) is 11.3. The molecule has 1 atom stereocenters. The van der Waals surface area contributed by atoms with Gasteiger partial charge in [-0.3, -0.25) is 9.59 Å². The van der Waals surface area contributed by atoms with Gasteiger partial charge in [0.25, 0.3) is 0 Å². The molecule has 0 saturated carbocycles. The summed E-state index contributed by atoms with van der Waals surface area (Å²) in [5.41, 5.74) is 0. The van der Waals surface area contributed by atoms with Crippen LogP contribution in [0.5, 0.6) is 0 Å². The standard InChI is InChI=1S/C30H55NO6/c1-5-37-30(36)27(20-14-12-13-19-26(2)32)25-28(33)21-15-10-8-6-7-9-11-17-23-31(3,4)24-18-16-22-29(34)35/h27H,5-25H2,1-4H3. The number of Topliss-reactive ketones (excluding diaryl/α,β-unsaturated/α-hetero) is 2. The molecule has 0 bridgehead atoms. The van der Waals surface area contributed by atoms with Crippen molar-refractivity contribution in [2.24, 2.45) is 5.92 Å². The quantitative estimate of drug-likeness (QED) is 0.0877. The maximum Gasteiger partial charge on any atom is 0.309 e. The number of rotatable bonds is 26. The van der Waals surface area contributed by atoms with Crippen molar-refractivity contribution < 1.29 is 33.5 Å². The largest absolute Gasteiger partial charge is 0.550 e. The van der Waals surface area contributed by atoms with Gasteiger partial charge in [0.1, 0.15) is 11.6 Å². The second kappa shape index (κ2) is 22.2. The van der Waals surface area contributed by atoms with Crippen molar-refractivity contribution in [2.75, 3.05) is 33.8 Å². The molecule has 0 fully saturated rings. The van der Waals surface area contributed by atoms with E-state index in [1.54, 1.807) is 13.8 Å². The minimum Gasteiger partial charge on any atom is -0.550 e. The number of esters is 1. The number of nitrogens with zero attached hydrogens (tertiary/aromatic N) is 1. The Balaban J connectivity index is 3.87. The Bertz CT molecular complexity index is 646. The predicted molar refractivity (Wildman–Crippen MR) is 146 cm³/mol. The average Bonchev–Trinajstić information content (AvgIpc) is 2.81. The number of unbranched alkanes of at least 4 members (excludes halogenated alkanes) is 10. The van der Waals surface area contributed by atoms with Gasteiger partial charge in [0, 0.05) is 25.2 Å². The van der Waals surface area contributed by atoms with Crippen LogP contribution in [0.25, 0.3) is 0 Å². The van der Waals surface area contributed by atoms with Gasteiger partial charge in [0.05, 0.1) is 39.7 Å². The molecule has 0 aromatic carbocycles. The fourth-order valence-corrected chi connectivity index (χ4v) is 4.73. The zero-order valence-corrected chi connectivity index (χ0v) is 24.3. The highest BCUT2D eigenvalue weighted by atomic mass is 16.5. The molecule has 0 rings (SSSR count). The van der Waals surface area contributed by atoms with Crippen LogP contribution in [-0.2, 0) is 23.9 Å². The maximum absolute atomic E-state index is 12.5. The molecular formula is C30H55NO6. The van der Waals surface area contributed by atoms with E-state index in [2.05, 4.69) is 14.1 Å². The maximum atomic E-state index is 12.5. The van der Waals surface area contributed by atoms with Crippen molar-refractivity contribution in [3.63, 3.8) is 0 Å². The Morgan fingerprint density at radius 2 is 1.19 bits per heavy atom. The summed E-state index contributed by atoms with van der Waals surface area (Å²) in [4.78, 5) is 46.3. The molecule has 0 aliphatic rings. The van der Waals surface area contributed by atoms with Crippen molar-refractivity contribution in [1.82, 2.24) is 0 Å². The minimum absolute atomic E-state index is 0.155. The monoisotopic (exact) mass is 525 g/mol. The number of carboxylic acid groups (broad SMARTS) is 1. The molecule has 1 unspecified atom stereocenters. The molecule has 0 radical (unpaired) electrons. The van der Waals surface area contributed by atoms with Crippen LogP contribution < -0.4 is 5.11 Å². The lowest BCUT2D eigenvalue weighted by Crippen LogP contribution is -2.41. The molecule has 7 heteroatoms. The van der Waals surface area contributed by atoms with Gasteiger partial charge in [-0.1, -0.05) is 44.9 Å². The molecule has 37 heavy (non-hydrogen) atoms. The number of aliphatic carboxylic acids is 1. The number of quaternary nitrogens is 1. The molecule has 7 nitrogen and oxygen atoms in total. The Morgan fingerprint density at radius 3 is 1.76 bits per heavy atom. The molecule has 0 amide bonds. The van der Waals surface area contributed by atoms with Gasteiger partial charge in [0.2, 0.25) is 0 Å². The third kappa shape index (κ3) is 23.1. The summed E-state index contributed by atoms with van der Waals surface area (Å²) in [6, 6.07) is 0. The Labute approximate surface area is 226 Å². The average molecular weight is 526 g/mol. The van der Waals surface area contributed by atoms with Gasteiger partial charge >= 0.3 is 5.97 Å². The van der Waals surface area contributed by atoms with Crippen molar-refractivity contribution in [2.45, 2.75) is 129 Å². The highest BCUT2D eigenvalue weighted by Crippen LogP contribution is 2.19. The Hall–Kier alpha value is -1.76. The van der Waals surface area contributed by atoms with E-state index in [0.29, 0.717) is 32.3 Å². The number of ether oxygens (including phenoxy) is 1. The third-order valence-corrected chi connectivity index (χ3v) is 7.04. The summed E-state index contributed by atoms with van der Waals surface area (Å²) in [7, 11) is 4.43. The van der Waals surface area contributed by atoms with Crippen LogP contribution in [0.15, 0.2) is 0 Å². The van der Waals surface area contributed by atoms with Crippen LogP contribution in [-0.4, -0.2) is 61.8 Å². The van der Waals surface area contributed by atoms with Gasteiger partial charge < -0.3 is 23.9 Å². The molecule has 216 valence electrons. The van der Waals surface area contributed by atoms with E-state index in [1.165, 1.54) is 32.1 Å². The van der Waals surface area contributed by atoms with Crippen molar-refractivity contribution in [3.8, 4) is 0 Å². The second-order valence-electron chi connectivity index (χ2n) is 11.3. The smallest absolute Gasteiger partial charge is 0.309 e. The zero-order valence-electron chi connectivity index (χ0n) is 24.3. The summed E-state index contributed by atoms with van der Waals surface area (Å²) in [5, 5.41) is 10.5. The Kier molecular flexibility index (Phi) is 21.2. The van der Waals surface area contributed by atoms with Crippen LogP contribution in [0.4, 0.5) is 0 Å². The molecule has 0 aliphatic carbocycles. The first-order chi connectivity index (χ1) is 17.6. The number of hydrogen-bond acceptors (Lipinski definition) is 6. The van der Waals surface area contributed by atoms with Crippen molar-refractivity contribution in [3.05, 3.63) is 0 Å². The van der Waals surface area contributed by atoms with Crippen molar-refractivity contribution >= 4 is 23.5 Å². The molecule has 0 aliphatic heterocycles. The number of carboxylic acids is 1. The predicted octanol–water partition coefficient (Wildman–Crippen LogP) is 5.17. The lowest BCUT2D eigenvalue weighted by molar-refractivity contribution is -0.890. The molecule has 0 aromatic rings. The van der Waals surface area contributed by atoms with E-state index >= 15 is 0 Å². The first-order valence-electron chi connectivity index (χ1n) is 14.8. The molecule has 0 N–H and O–H groups in total. The van der Waals surface area contributed by atoms with Gasteiger partial charge in [-0.25, -0.2) is 0 Å². The molecular weight excluding hydrogens is 470 g/mol. The van der Waals surface area contributed by atoms with Gasteiger partial charge in [-0.05, 0) is 65.2 Å². The fraction of sp³-hybridized carbons (Fsp3) is 0.867.